The predicted molar refractivity (Wildman–Crippen MR) is 86.8 cm³/mol. The molecule has 1 saturated carbocycles. The molecule has 1 aliphatic heterocycles. The van der Waals surface area contributed by atoms with Gasteiger partial charge in [0.15, 0.2) is 5.69 Å². The van der Waals surface area contributed by atoms with Crippen molar-refractivity contribution in [3.8, 4) is 0 Å². The molecule has 0 unspecified atom stereocenters. The SMILES string of the molecule is CC(C)COC(=O)N1CCCN(C(=O)c2cc(C3CC3)on2)CC1. The van der Waals surface area contributed by atoms with Gasteiger partial charge in [-0.25, -0.2) is 4.79 Å². The average Bonchev–Trinajstić information content (AvgIpc) is 3.34. The fourth-order valence-corrected chi connectivity index (χ4v) is 2.74. The van der Waals surface area contributed by atoms with Crippen molar-refractivity contribution in [1.82, 2.24) is 15.0 Å². The van der Waals surface area contributed by atoms with Crippen LogP contribution in [0.2, 0.25) is 0 Å². The molecule has 7 heteroatoms. The van der Waals surface area contributed by atoms with Crippen LogP contribution in [0, 0.1) is 5.92 Å². The van der Waals surface area contributed by atoms with Gasteiger partial charge >= 0.3 is 6.09 Å². The first-order valence-corrected chi connectivity index (χ1v) is 8.72. The van der Waals surface area contributed by atoms with Crippen LogP contribution in [0.3, 0.4) is 0 Å². The largest absolute Gasteiger partial charge is 0.449 e. The lowest BCUT2D eigenvalue weighted by Crippen LogP contribution is -2.38. The molecule has 0 bridgehead atoms. The summed E-state index contributed by atoms with van der Waals surface area (Å²) in [6.07, 6.45) is 2.66. The van der Waals surface area contributed by atoms with E-state index in [9.17, 15) is 9.59 Å². The lowest BCUT2D eigenvalue weighted by molar-refractivity contribution is 0.0736. The van der Waals surface area contributed by atoms with E-state index in [1.807, 2.05) is 13.8 Å². The Kier molecular flexibility index (Phi) is 5.06. The molecule has 2 fully saturated rings. The lowest BCUT2D eigenvalue weighted by atomic mass is 10.2. The Morgan fingerprint density at radius 3 is 2.67 bits per heavy atom. The number of rotatable bonds is 4. The molecule has 1 aromatic heterocycles. The fraction of sp³-hybridized carbons (Fsp3) is 0.706. The quantitative estimate of drug-likeness (QED) is 0.845. The van der Waals surface area contributed by atoms with Crippen LogP contribution in [0.15, 0.2) is 10.6 Å². The van der Waals surface area contributed by atoms with Crippen molar-refractivity contribution in [3.63, 3.8) is 0 Å². The van der Waals surface area contributed by atoms with E-state index in [2.05, 4.69) is 5.16 Å². The number of carbonyl (C=O) groups is 2. The number of nitrogens with zero attached hydrogens (tertiary/aromatic N) is 3. The van der Waals surface area contributed by atoms with Crippen LogP contribution in [0.5, 0.6) is 0 Å². The molecule has 2 heterocycles. The Hall–Kier alpha value is -2.05. The lowest BCUT2D eigenvalue weighted by Gasteiger charge is -2.21. The van der Waals surface area contributed by atoms with Gasteiger partial charge < -0.3 is 19.1 Å². The molecule has 0 aromatic carbocycles. The van der Waals surface area contributed by atoms with Crippen LogP contribution in [0.25, 0.3) is 0 Å². The molecule has 24 heavy (non-hydrogen) atoms. The summed E-state index contributed by atoms with van der Waals surface area (Å²) < 4.78 is 10.5. The maximum atomic E-state index is 12.6. The number of carbonyl (C=O) groups excluding carboxylic acids is 2. The summed E-state index contributed by atoms with van der Waals surface area (Å²) in [6, 6.07) is 1.76. The van der Waals surface area contributed by atoms with E-state index >= 15 is 0 Å². The highest BCUT2D eigenvalue weighted by Gasteiger charge is 2.30. The van der Waals surface area contributed by atoms with E-state index in [4.69, 9.17) is 9.26 Å². The summed E-state index contributed by atoms with van der Waals surface area (Å²) in [6.45, 7) is 6.61. The highest BCUT2D eigenvalue weighted by atomic mass is 16.6. The number of hydrogen-bond acceptors (Lipinski definition) is 5. The van der Waals surface area contributed by atoms with Crippen LogP contribution >= 0.6 is 0 Å². The second-order valence-electron chi connectivity index (χ2n) is 6.99. The highest BCUT2D eigenvalue weighted by Crippen LogP contribution is 2.40. The number of amides is 2. The minimum Gasteiger partial charge on any atom is -0.449 e. The molecule has 0 N–H and O–H groups in total. The summed E-state index contributed by atoms with van der Waals surface area (Å²) in [5.41, 5.74) is 0.368. The van der Waals surface area contributed by atoms with E-state index in [-0.39, 0.29) is 12.0 Å². The number of ether oxygens (including phenoxy) is 1. The number of hydrogen-bond donors (Lipinski definition) is 0. The molecule has 1 saturated heterocycles. The summed E-state index contributed by atoms with van der Waals surface area (Å²) in [5, 5.41) is 3.91. The summed E-state index contributed by atoms with van der Waals surface area (Å²) >= 11 is 0. The zero-order valence-corrected chi connectivity index (χ0v) is 14.4. The predicted octanol–water partition coefficient (Wildman–Crippen LogP) is 2.49. The summed E-state index contributed by atoms with van der Waals surface area (Å²) in [7, 11) is 0. The monoisotopic (exact) mass is 335 g/mol. The van der Waals surface area contributed by atoms with Crippen molar-refractivity contribution in [1.29, 1.82) is 0 Å². The molecule has 7 nitrogen and oxygen atoms in total. The standard InChI is InChI=1S/C17H25N3O4/c1-12(2)11-23-17(22)20-7-3-6-19(8-9-20)16(21)14-10-15(24-18-14)13-4-5-13/h10,12-13H,3-9,11H2,1-2H3. The first-order valence-electron chi connectivity index (χ1n) is 8.72. The van der Waals surface area contributed by atoms with Crippen LogP contribution in [-0.4, -0.2) is 59.7 Å². The fourth-order valence-electron chi connectivity index (χ4n) is 2.74. The van der Waals surface area contributed by atoms with E-state index in [1.165, 1.54) is 0 Å². The second kappa shape index (κ2) is 7.23. The summed E-state index contributed by atoms with van der Waals surface area (Å²) in [5.74, 6) is 1.44. The highest BCUT2D eigenvalue weighted by molar-refractivity contribution is 5.92. The van der Waals surface area contributed by atoms with Gasteiger partial charge in [-0.1, -0.05) is 19.0 Å². The van der Waals surface area contributed by atoms with Crippen molar-refractivity contribution in [2.45, 2.75) is 39.0 Å². The Balaban J connectivity index is 1.54. The Labute approximate surface area is 141 Å². The van der Waals surface area contributed by atoms with Gasteiger partial charge in [0.2, 0.25) is 0 Å². The molecule has 2 amide bonds. The Bertz CT molecular complexity index is 594. The topological polar surface area (TPSA) is 75.9 Å². The molecular formula is C17H25N3O4. The van der Waals surface area contributed by atoms with Crippen molar-refractivity contribution in [2.24, 2.45) is 5.92 Å². The molecule has 1 aromatic rings. The van der Waals surface area contributed by atoms with Crippen LogP contribution in [-0.2, 0) is 4.74 Å². The third kappa shape index (κ3) is 4.07. The second-order valence-corrected chi connectivity index (χ2v) is 6.99. The van der Waals surface area contributed by atoms with Gasteiger partial charge in [-0.05, 0) is 25.2 Å². The smallest absolute Gasteiger partial charge is 0.409 e. The van der Waals surface area contributed by atoms with Gasteiger partial charge in [-0.3, -0.25) is 4.79 Å². The van der Waals surface area contributed by atoms with Crippen LogP contribution < -0.4 is 0 Å². The normalized spacial score (nSPS) is 18.6. The van der Waals surface area contributed by atoms with Gasteiger partial charge in [0.25, 0.3) is 5.91 Å². The van der Waals surface area contributed by atoms with Crippen LogP contribution in [0.1, 0.15) is 55.3 Å². The molecule has 0 atom stereocenters. The van der Waals surface area contributed by atoms with Crippen molar-refractivity contribution in [2.75, 3.05) is 32.8 Å². The van der Waals surface area contributed by atoms with Gasteiger partial charge in [0, 0.05) is 38.2 Å². The molecule has 0 radical (unpaired) electrons. The maximum Gasteiger partial charge on any atom is 0.409 e. The van der Waals surface area contributed by atoms with E-state index in [0.717, 1.165) is 25.0 Å². The van der Waals surface area contributed by atoms with Gasteiger partial charge in [-0.15, -0.1) is 0 Å². The van der Waals surface area contributed by atoms with Gasteiger partial charge in [0.1, 0.15) is 5.76 Å². The van der Waals surface area contributed by atoms with Crippen molar-refractivity contribution in [3.05, 3.63) is 17.5 Å². The van der Waals surface area contributed by atoms with E-state index in [1.54, 1.807) is 15.9 Å². The minimum absolute atomic E-state index is 0.122. The molecule has 1 aliphatic carbocycles. The molecule has 2 aliphatic rings. The average molecular weight is 335 g/mol. The minimum atomic E-state index is -0.296. The zero-order chi connectivity index (χ0) is 17.1. The Morgan fingerprint density at radius 2 is 1.96 bits per heavy atom. The molecule has 3 rings (SSSR count). The van der Waals surface area contributed by atoms with Crippen LogP contribution in [0.4, 0.5) is 4.79 Å². The summed E-state index contributed by atoms with van der Waals surface area (Å²) in [4.78, 5) is 28.0. The molecule has 0 spiro atoms. The first kappa shape index (κ1) is 16.8. The molecule has 132 valence electrons. The third-order valence-electron chi connectivity index (χ3n) is 4.31. The van der Waals surface area contributed by atoms with Gasteiger partial charge in [0.05, 0.1) is 6.61 Å². The Morgan fingerprint density at radius 1 is 1.25 bits per heavy atom. The van der Waals surface area contributed by atoms with Crippen molar-refractivity contribution < 1.29 is 18.8 Å². The third-order valence-corrected chi connectivity index (χ3v) is 4.31. The zero-order valence-electron chi connectivity index (χ0n) is 14.4. The van der Waals surface area contributed by atoms with Gasteiger partial charge in [-0.2, -0.15) is 0 Å². The maximum absolute atomic E-state index is 12.6. The van der Waals surface area contributed by atoms with Crippen molar-refractivity contribution >= 4 is 12.0 Å². The number of aromatic nitrogens is 1. The van der Waals surface area contributed by atoms with E-state index in [0.29, 0.717) is 50.3 Å². The van der Waals surface area contributed by atoms with E-state index < -0.39 is 0 Å². The first-order chi connectivity index (χ1) is 11.5. The molecular weight excluding hydrogens is 310 g/mol.